The van der Waals surface area contributed by atoms with Crippen molar-refractivity contribution in [2.24, 2.45) is 0 Å². The molecule has 0 unspecified atom stereocenters. The monoisotopic (exact) mass is 213 g/mol. The second-order valence-corrected chi connectivity index (χ2v) is 3.43. The number of rotatable bonds is 3. The minimum absolute atomic E-state index is 0. The minimum atomic E-state index is 0. The molecule has 0 bridgehead atoms. The van der Waals surface area contributed by atoms with E-state index in [9.17, 15) is 0 Å². The molecular weight excluding hydrogens is 198 g/mol. The molecule has 0 aromatic carbocycles. The lowest BCUT2D eigenvalue weighted by Crippen LogP contribution is -2.30. The van der Waals surface area contributed by atoms with E-state index < -0.39 is 0 Å². The van der Waals surface area contributed by atoms with Gasteiger partial charge in [0.15, 0.2) is 0 Å². The first-order chi connectivity index (χ1) is 6.45. The second kappa shape index (κ2) is 5.96. The molecular formula is C10H16ClN3. The molecule has 2 N–H and O–H groups in total. The number of halogens is 1. The Labute approximate surface area is 90.7 Å². The van der Waals surface area contributed by atoms with Gasteiger partial charge in [-0.25, -0.2) is 0 Å². The fourth-order valence-electron chi connectivity index (χ4n) is 1.59. The Bertz CT molecular complexity index is 247. The molecule has 1 aliphatic heterocycles. The van der Waals surface area contributed by atoms with E-state index >= 15 is 0 Å². The summed E-state index contributed by atoms with van der Waals surface area (Å²) >= 11 is 0. The van der Waals surface area contributed by atoms with Gasteiger partial charge in [-0.2, -0.15) is 0 Å². The zero-order chi connectivity index (χ0) is 8.93. The van der Waals surface area contributed by atoms with Crippen molar-refractivity contribution in [2.45, 2.75) is 19.0 Å². The third-order valence-corrected chi connectivity index (χ3v) is 2.40. The number of hydrogen-bond acceptors (Lipinski definition) is 3. The van der Waals surface area contributed by atoms with Gasteiger partial charge in [-0.15, -0.1) is 12.4 Å². The van der Waals surface area contributed by atoms with Crippen molar-refractivity contribution in [2.75, 3.05) is 13.1 Å². The van der Waals surface area contributed by atoms with Crippen molar-refractivity contribution in [1.82, 2.24) is 15.6 Å². The summed E-state index contributed by atoms with van der Waals surface area (Å²) in [6, 6.07) is 4.75. The van der Waals surface area contributed by atoms with Crippen LogP contribution in [0.25, 0.3) is 0 Å². The lowest BCUT2D eigenvalue weighted by atomic mass is 10.2. The zero-order valence-electron chi connectivity index (χ0n) is 8.07. The van der Waals surface area contributed by atoms with E-state index in [0.29, 0.717) is 6.04 Å². The molecule has 0 radical (unpaired) electrons. The fraction of sp³-hybridized carbons (Fsp3) is 0.500. The fourth-order valence-corrected chi connectivity index (χ4v) is 1.59. The van der Waals surface area contributed by atoms with E-state index in [-0.39, 0.29) is 12.4 Å². The van der Waals surface area contributed by atoms with Crippen LogP contribution in [0, 0.1) is 0 Å². The number of pyridine rings is 1. The van der Waals surface area contributed by atoms with Gasteiger partial charge in [0.2, 0.25) is 0 Å². The quantitative estimate of drug-likeness (QED) is 0.786. The number of aromatic nitrogens is 1. The molecule has 1 saturated heterocycles. The zero-order valence-corrected chi connectivity index (χ0v) is 8.89. The van der Waals surface area contributed by atoms with Crippen LogP contribution in [0.2, 0.25) is 0 Å². The first kappa shape index (κ1) is 11.4. The lowest BCUT2D eigenvalue weighted by molar-refractivity contribution is 0.547. The maximum atomic E-state index is 3.99. The van der Waals surface area contributed by atoms with Gasteiger partial charge < -0.3 is 10.6 Å². The highest BCUT2D eigenvalue weighted by atomic mass is 35.5. The number of nitrogens with zero attached hydrogens (tertiary/aromatic N) is 1. The van der Waals surface area contributed by atoms with Crippen LogP contribution >= 0.6 is 12.4 Å². The Balaban J connectivity index is 0.000000980. The van der Waals surface area contributed by atoms with E-state index in [2.05, 4.69) is 27.8 Å². The van der Waals surface area contributed by atoms with Crippen LogP contribution in [0.3, 0.4) is 0 Å². The largest absolute Gasteiger partial charge is 0.315 e. The van der Waals surface area contributed by atoms with E-state index in [0.717, 1.165) is 19.6 Å². The summed E-state index contributed by atoms with van der Waals surface area (Å²) in [5.41, 5.74) is 1.31. The first-order valence-corrected chi connectivity index (χ1v) is 4.78. The molecule has 78 valence electrons. The summed E-state index contributed by atoms with van der Waals surface area (Å²) in [5.74, 6) is 0. The van der Waals surface area contributed by atoms with Gasteiger partial charge in [-0.1, -0.05) is 0 Å². The van der Waals surface area contributed by atoms with Crippen molar-refractivity contribution in [1.29, 1.82) is 0 Å². The first-order valence-electron chi connectivity index (χ1n) is 4.78. The van der Waals surface area contributed by atoms with E-state index in [1.807, 2.05) is 12.4 Å². The van der Waals surface area contributed by atoms with Crippen molar-refractivity contribution in [3.8, 4) is 0 Å². The Morgan fingerprint density at radius 3 is 2.86 bits per heavy atom. The molecule has 2 rings (SSSR count). The molecule has 4 heteroatoms. The summed E-state index contributed by atoms with van der Waals surface area (Å²) in [5, 5.41) is 6.84. The normalized spacial score (nSPS) is 20.4. The van der Waals surface area contributed by atoms with Gasteiger partial charge in [0, 0.05) is 31.5 Å². The SMILES string of the molecule is Cl.c1cc(CN[C@@H]2CCNC2)ccn1. The highest BCUT2D eigenvalue weighted by Gasteiger charge is 2.12. The van der Waals surface area contributed by atoms with Gasteiger partial charge in [0.25, 0.3) is 0 Å². The lowest BCUT2D eigenvalue weighted by Gasteiger charge is -2.10. The van der Waals surface area contributed by atoms with E-state index in [1.165, 1.54) is 12.0 Å². The van der Waals surface area contributed by atoms with Crippen LogP contribution in [0.15, 0.2) is 24.5 Å². The molecule has 2 heterocycles. The van der Waals surface area contributed by atoms with Crippen LogP contribution in [-0.2, 0) is 6.54 Å². The minimum Gasteiger partial charge on any atom is -0.315 e. The van der Waals surface area contributed by atoms with E-state index in [4.69, 9.17) is 0 Å². The molecule has 14 heavy (non-hydrogen) atoms. The summed E-state index contributed by atoms with van der Waals surface area (Å²) in [4.78, 5) is 3.99. The predicted molar refractivity (Wildman–Crippen MR) is 59.6 cm³/mol. The molecule has 0 aliphatic carbocycles. The third-order valence-electron chi connectivity index (χ3n) is 2.40. The summed E-state index contributed by atoms with van der Waals surface area (Å²) < 4.78 is 0. The molecule has 1 fully saturated rings. The van der Waals surface area contributed by atoms with Crippen LogP contribution in [-0.4, -0.2) is 24.1 Å². The highest BCUT2D eigenvalue weighted by molar-refractivity contribution is 5.85. The Morgan fingerprint density at radius 1 is 1.43 bits per heavy atom. The van der Waals surface area contributed by atoms with Crippen LogP contribution < -0.4 is 10.6 Å². The Kier molecular flexibility index (Phi) is 4.87. The number of hydrogen-bond donors (Lipinski definition) is 2. The smallest absolute Gasteiger partial charge is 0.0271 e. The maximum absolute atomic E-state index is 3.99. The summed E-state index contributed by atoms with van der Waals surface area (Å²) in [6.45, 7) is 3.20. The van der Waals surface area contributed by atoms with Crippen molar-refractivity contribution in [3.05, 3.63) is 30.1 Å². The second-order valence-electron chi connectivity index (χ2n) is 3.43. The van der Waals surface area contributed by atoms with Crippen molar-refractivity contribution >= 4 is 12.4 Å². The summed E-state index contributed by atoms with van der Waals surface area (Å²) in [7, 11) is 0. The topological polar surface area (TPSA) is 37.0 Å². The molecule has 0 spiro atoms. The van der Waals surface area contributed by atoms with Gasteiger partial charge in [0.1, 0.15) is 0 Å². The van der Waals surface area contributed by atoms with Gasteiger partial charge in [-0.05, 0) is 30.7 Å². The molecule has 0 amide bonds. The molecule has 1 aromatic rings. The molecule has 1 atom stereocenters. The van der Waals surface area contributed by atoms with Gasteiger partial charge in [0.05, 0.1) is 0 Å². The van der Waals surface area contributed by atoms with Crippen LogP contribution in [0.1, 0.15) is 12.0 Å². The van der Waals surface area contributed by atoms with Crippen LogP contribution in [0.4, 0.5) is 0 Å². The van der Waals surface area contributed by atoms with Gasteiger partial charge >= 0.3 is 0 Å². The average molecular weight is 214 g/mol. The number of nitrogens with one attached hydrogen (secondary N) is 2. The third kappa shape index (κ3) is 3.25. The predicted octanol–water partition coefficient (Wildman–Crippen LogP) is 0.955. The molecule has 1 aliphatic rings. The van der Waals surface area contributed by atoms with E-state index in [1.54, 1.807) is 0 Å². The Hall–Kier alpha value is -0.640. The molecule has 3 nitrogen and oxygen atoms in total. The van der Waals surface area contributed by atoms with Crippen molar-refractivity contribution in [3.63, 3.8) is 0 Å². The van der Waals surface area contributed by atoms with Crippen molar-refractivity contribution < 1.29 is 0 Å². The van der Waals surface area contributed by atoms with Crippen LogP contribution in [0.5, 0.6) is 0 Å². The summed E-state index contributed by atoms with van der Waals surface area (Å²) in [6.07, 6.45) is 4.92. The average Bonchev–Trinajstić information content (AvgIpc) is 2.69. The standard InChI is InChI=1S/C10H15N3.ClH/c1-4-11-5-2-9(1)7-13-10-3-6-12-8-10;/h1-2,4-5,10,12-13H,3,6-8H2;1H/t10-;/m1./s1. The molecule has 1 aromatic heterocycles. The Morgan fingerprint density at radius 2 is 2.21 bits per heavy atom. The van der Waals surface area contributed by atoms with Gasteiger partial charge in [-0.3, -0.25) is 4.98 Å². The highest BCUT2D eigenvalue weighted by Crippen LogP contribution is 2.00. The molecule has 0 saturated carbocycles. The maximum Gasteiger partial charge on any atom is 0.0271 e.